The molecule has 0 atom stereocenters. The summed E-state index contributed by atoms with van der Waals surface area (Å²) in [6.45, 7) is 2.50. The van der Waals surface area contributed by atoms with Crippen LogP contribution in [0.1, 0.15) is 11.4 Å². The van der Waals surface area contributed by atoms with Crippen LogP contribution in [0.15, 0.2) is 57.5 Å². The first-order chi connectivity index (χ1) is 12.5. The van der Waals surface area contributed by atoms with Crippen LogP contribution < -0.4 is 5.32 Å². The third kappa shape index (κ3) is 4.70. The predicted molar refractivity (Wildman–Crippen MR) is 104 cm³/mol. The van der Waals surface area contributed by atoms with E-state index in [2.05, 4.69) is 31.4 Å². The largest absolute Gasteiger partial charge is 0.334 e. The van der Waals surface area contributed by atoms with Crippen molar-refractivity contribution in [1.82, 2.24) is 15.0 Å². The zero-order valence-electron chi connectivity index (χ0n) is 14.6. The fourth-order valence-corrected chi connectivity index (χ4v) is 2.72. The second-order valence-electron chi connectivity index (χ2n) is 5.99. The van der Waals surface area contributed by atoms with Gasteiger partial charge in [0.2, 0.25) is 0 Å². The van der Waals surface area contributed by atoms with E-state index >= 15 is 0 Å². The van der Waals surface area contributed by atoms with Crippen molar-refractivity contribution in [2.24, 2.45) is 0 Å². The molecule has 6 nitrogen and oxygen atoms in total. The Morgan fingerprint density at radius 1 is 1.23 bits per heavy atom. The van der Waals surface area contributed by atoms with Crippen LogP contribution in [0.2, 0.25) is 0 Å². The van der Waals surface area contributed by atoms with Crippen LogP contribution in [0.3, 0.4) is 0 Å². The van der Waals surface area contributed by atoms with Gasteiger partial charge in [-0.3, -0.25) is 0 Å². The van der Waals surface area contributed by atoms with Crippen molar-refractivity contribution in [3.05, 3.63) is 64.4 Å². The first-order valence-corrected chi connectivity index (χ1v) is 8.98. The average Bonchev–Trinajstić information content (AvgIpc) is 3.09. The number of likely N-dealkylation sites (N-methyl/N-ethyl adjacent to an activating group) is 1. The first kappa shape index (κ1) is 18.1. The molecule has 3 aromatic rings. The number of hydrogen-bond acceptors (Lipinski definition) is 4. The summed E-state index contributed by atoms with van der Waals surface area (Å²) in [5, 5.41) is 6.84. The lowest BCUT2D eigenvalue weighted by Gasteiger charge is -2.17. The summed E-state index contributed by atoms with van der Waals surface area (Å²) in [7, 11) is 1.73. The fourth-order valence-electron chi connectivity index (χ4n) is 2.32. The monoisotopic (exact) mass is 414 g/mol. The standard InChI is InChI=1S/C19H19BrN4O2/c1-13-6-8-14(9-7-13)18-22-17(23-26-18)10-11-24(2)19(25)21-16-5-3-4-15(20)12-16/h3-9,12H,10-11H2,1-2H3,(H,21,25). The summed E-state index contributed by atoms with van der Waals surface area (Å²) < 4.78 is 6.22. The average molecular weight is 415 g/mol. The highest BCUT2D eigenvalue weighted by Crippen LogP contribution is 2.18. The van der Waals surface area contributed by atoms with Gasteiger partial charge in [0.1, 0.15) is 0 Å². The lowest BCUT2D eigenvalue weighted by molar-refractivity contribution is 0.222. The molecular weight excluding hydrogens is 396 g/mol. The second-order valence-corrected chi connectivity index (χ2v) is 6.91. The number of halogens is 1. The highest BCUT2D eigenvalue weighted by atomic mass is 79.9. The highest BCUT2D eigenvalue weighted by Gasteiger charge is 2.13. The van der Waals surface area contributed by atoms with Crippen LogP contribution in [0.25, 0.3) is 11.5 Å². The number of aromatic nitrogens is 2. The summed E-state index contributed by atoms with van der Waals surface area (Å²) in [6, 6.07) is 15.2. The molecule has 0 radical (unpaired) electrons. The topological polar surface area (TPSA) is 71.3 Å². The minimum absolute atomic E-state index is 0.189. The van der Waals surface area contributed by atoms with E-state index in [-0.39, 0.29) is 6.03 Å². The Morgan fingerprint density at radius 2 is 2.00 bits per heavy atom. The Bertz CT molecular complexity index is 893. The number of benzene rings is 2. The van der Waals surface area contributed by atoms with Gasteiger partial charge in [-0.1, -0.05) is 44.8 Å². The number of anilines is 1. The number of nitrogens with one attached hydrogen (secondary N) is 1. The van der Waals surface area contributed by atoms with Crippen molar-refractivity contribution in [2.75, 3.05) is 18.9 Å². The van der Waals surface area contributed by atoms with E-state index in [1.165, 1.54) is 5.56 Å². The molecule has 2 amide bonds. The lowest BCUT2D eigenvalue weighted by Crippen LogP contribution is -2.33. The van der Waals surface area contributed by atoms with Crippen LogP contribution in [0.5, 0.6) is 0 Å². The minimum atomic E-state index is -0.189. The number of amides is 2. The maximum atomic E-state index is 12.2. The fraction of sp³-hybridized carbons (Fsp3) is 0.211. The molecule has 26 heavy (non-hydrogen) atoms. The van der Waals surface area contributed by atoms with Gasteiger partial charge in [-0.25, -0.2) is 4.79 Å². The normalized spacial score (nSPS) is 10.6. The van der Waals surface area contributed by atoms with Gasteiger partial charge in [0.05, 0.1) is 0 Å². The number of urea groups is 1. The van der Waals surface area contributed by atoms with E-state index in [9.17, 15) is 4.79 Å². The molecule has 0 aliphatic rings. The Morgan fingerprint density at radius 3 is 2.73 bits per heavy atom. The summed E-state index contributed by atoms with van der Waals surface area (Å²) in [4.78, 5) is 18.2. The maximum absolute atomic E-state index is 12.2. The summed E-state index contributed by atoms with van der Waals surface area (Å²) in [5.74, 6) is 1.06. The van der Waals surface area contributed by atoms with Crippen molar-refractivity contribution >= 4 is 27.6 Å². The number of nitrogens with zero attached hydrogens (tertiary/aromatic N) is 3. The number of aryl methyl sites for hydroxylation is 1. The molecule has 1 N–H and O–H groups in total. The van der Waals surface area contributed by atoms with Gasteiger partial charge < -0.3 is 14.7 Å². The Kier molecular flexibility index (Phi) is 5.68. The molecule has 2 aromatic carbocycles. The molecule has 1 heterocycles. The van der Waals surface area contributed by atoms with E-state index in [1.807, 2.05) is 55.5 Å². The zero-order valence-corrected chi connectivity index (χ0v) is 16.2. The van der Waals surface area contributed by atoms with Crippen molar-refractivity contribution in [3.63, 3.8) is 0 Å². The predicted octanol–water partition coefficient (Wildman–Crippen LogP) is 4.51. The van der Waals surface area contributed by atoms with E-state index < -0.39 is 0 Å². The van der Waals surface area contributed by atoms with Crippen LogP contribution in [-0.4, -0.2) is 34.7 Å². The van der Waals surface area contributed by atoms with E-state index in [0.29, 0.717) is 24.7 Å². The minimum Gasteiger partial charge on any atom is -0.334 e. The van der Waals surface area contributed by atoms with Crippen LogP contribution >= 0.6 is 15.9 Å². The molecule has 0 aliphatic heterocycles. The third-order valence-corrected chi connectivity index (χ3v) is 4.35. The van der Waals surface area contributed by atoms with Gasteiger partial charge in [-0.2, -0.15) is 4.98 Å². The van der Waals surface area contributed by atoms with Gasteiger partial charge >= 0.3 is 6.03 Å². The smallest absolute Gasteiger partial charge is 0.321 e. The van der Waals surface area contributed by atoms with Crippen LogP contribution in [0, 0.1) is 6.92 Å². The number of hydrogen-bond donors (Lipinski definition) is 1. The number of carbonyl (C=O) groups is 1. The Balaban J connectivity index is 1.55. The second kappa shape index (κ2) is 8.14. The van der Waals surface area contributed by atoms with Crippen molar-refractivity contribution in [3.8, 4) is 11.5 Å². The zero-order chi connectivity index (χ0) is 18.5. The van der Waals surface area contributed by atoms with E-state index in [0.717, 1.165) is 15.7 Å². The molecule has 0 saturated heterocycles. The molecule has 1 aromatic heterocycles. The van der Waals surface area contributed by atoms with Gasteiger partial charge in [0.25, 0.3) is 5.89 Å². The molecule has 0 unspecified atom stereocenters. The van der Waals surface area contributed by atoms with Gasteiger partial charge in [0, 0.05) is 35.7 Å². The summed E-state index contributed by atoms with van der Waals surface area (Å²) >= 11 is 3.38. The molecule has 0 saturated carbocycles. The quantitative estimate of drug-likeness (QED) is 0.666. The molecule has 3 rings (SSSR count). The molecule has 0 bridgehead atoms. The van der Waals surface area contributed by atoms with E-state index in [4.69, 9.17) is 4.52 Å². The van der Waals surface area contributed by atoms with Gasteiger partial charge in [-0.05, 0) is 37.3 Å². The van der Waals surface area contributed by atoms with Crippen molar-refractivity contribution in [1.29, 1.82) is 0 Å². The first-order valence-electron chi connectivity index (χ1n) is 8.18. The molecular formula is C19H19BrN4O2. The number of rotatable bonds is 5. The van der Waals surface area contributed by atoms with Gasteiger partial charge in [-0.15, -0.1) is 0 Å². The van der Waals surface area contributed by atoms with E-state index in [1.54, 1.807) is 11.9 Å². The third-order valence-electron chi connectivity index (χ3n) is 3.86. The molecule has 0 spiro atoms. The van der Waals surface area contributed by atoms with Crippen LogP contribution in [0.4, 0.5) is 10.5 Å². The summed E-state index contributed by atoms with van der Waals surface area (Å²) in [6.07, 6.45) is 0.512. The highest BCUT2D eigenvalue weighted by molar-refractivity contribution is 9.10. The SMILES string of the molecule is Cc1ccc(-c2nc(CCN(C)C(=O)Nc3cccc(Br)c3)no2)cc1. The summed E-state index contributed by atoms with van der Waals surface area (Å²) in [5.41, 5.74) is 2.79. The molecule has 0 fully saturated rings. The van der Waals surface area contributed by atoms with Gasteiger partial charge in [0.15, 0.2) is 5.82 Å². The molecule has 0 aliphatic carbocycles. The van der Waals surface area contributed by atoms with Crippen molar-refractivity contribution < 1.29 is 9.32 Å². The lowest BCUT2D eigenvalue weighted by atomic mass is 10.1. The number of carbonyl (C=O) groups excluding carboxylic acids is 1. The Hall–Kier alpha value is -2.67. The molecule has 7 heteroatoms. The van der Waals surface area contributed by atoms with Crippen LogP contribution in [-0.2, 0) is 6.42 Å². The maximum Gasteiger partial charge on any atom is 0.321 e. The van der Waals surface area contributed by atoms with Crippen molar-refractivity contribution in [2.45, 2.75) is 13.3 Å². The molecule has 134 valence electrons. The Labute approximate surface area is 160 Å².